The van der Waals surface area contributed by atoms with E-state index in [-0.39, 0.29) is 0 Å². The molecular weight excluding hydrogens is 268 g/mol. The van der Waals surface area contributed by atoms with E-state index in [0.717, 1.165) is 17.4 Å². The average molecular weight is 285 g/mol. The summed E-state index contributed by atoms with van der Waals surface area (Å²) in [6.45, 7) is 1.13. The molecule has 88 valence electrons. The van der Waals surface area contributed by atoms with Crippen molar-refractivity contribution in [2.45, 2.75) is 31.8 Å². The fraction of sp³-hybridized carbons (Fsp3) is 0.583. The van der Waals surface area contributed by atoms with Crippen LogP contribution in [0.4, 0.5) is 0 Å². The van der Waals surface area contributed by atoms with Gasteiger partial charge in [-0.15, -0.1) is 0 Å². The number of nitrogens with one attached hydrogen (secondary N) is 1. The van der Waals surface area contributed by atoms with Gasteiger partial charge in [-0.25, -0.2) is 0 Å². The molecule has 0 radical (unpaired) electrons. The molecule has 16 heavy (non-hydrogen) atoms. The summed E-state index contributed by atoms with van der Waals surface area (Å²) >= 11 is 3.41. The highest BCUT2D eigenvalue weighted by molar-refractivity contribution is 9.10. The van der Waals surface area contributed by atoms with Crippen molar-refractivity contribution in [3.63, 3.8) is 0 Å². The zero-order valence-electron chi connectivity index (χ0n) is 9.19. The lowest BCUT2D eigenvalue weighted by Gasteiger charge is -2.18. The quantitative estimate of drug-likeness (QED) is 0.890. The molecule has 0 spiro atoms. The molecule has 4 heteroatoms. The van der Waals surface area contributed by atoms with Crippen LogP contribution < -0.4 is 5.32 Å². The Morgan fingerprint density at radius 1 is 1.44 bits per heavy atom. The summed E-state index contributed by atoms with van der Waals surface area (Å²) < 4.78 is 1.01. The molecule has 1 fully saturated rings. The van der Waals surface area contributed by atoms with Crippen molar-refractivity contribution in [3.8, 4) is 0 Å². The maximum Gasteiger partial charge on any atom is 0.0474 e. The number of pyridine rings is 1. The molecule has 2 unspecified atom stereocenters. The molecule has 1 aromatic rings. The first-order valence-electron chi connectivity index (χ1n) is 5.73. The van der Waals surface area contributed by atoms with Gasteiger partial charge in [-0.1, -0.05) is 6.42 Å². The van der Waals surface area contributed by atoms with Gasteiger partial charge in [-0.3, -0.25) is 4.98 Å². The van der Waals surface area contributed by atoms with Crippen LogP contribution in [0.5, 0.6) is 0 Å². The van der Waals surface area contributed by atoms with Crippen LogP contribution in [0, 0.1) is 5.92 Å². The van der Waals surface area contributed by atoms with Gasteiger partial charge < -0.3 is 10.4 Å². The Balaban J connectivity index is 1.87. The van der Waals surface area contributed by atoms with Gasteiger partial charge in [0.05, 0.1) is 0 Å². The van der Waals surface area contributed by atoms with Crippen molar-refractivity contribution >= 4 is 15.9 Å². The van der Waals surface area contributed by atoms with Crippen LogP contribution in [0.1, 0.15) is 24.8 Å². The van der Waals surface area contributed by atoms with Gasteiger partial charge in [0.2, 0.25) is 0 Å². The lowest BCUT2D eigenvalue weighted by molar-refractivity contribution is 0.205. The van der Waals surface area contributed by atoms with Gasteiger partial charge in [-0.05, 0) is 46.3 Å². The summed E-state index contributed by atoms with van der Waals surface area (Å²) in [5, 5.41) is 12.7. The molecule has 2 atom stereocenters. The first-order chi connectivity index (χ1) is 7.79. The molecule has 3 nitrogen and oxygen atoms in total. The van der Waals surface area contributed by atoms with Gasteiger partial charge in [0.15, 0.2) is 0 Å². The molecule has 1 heterocycles. The smallest absolute Gasteiger partial charge is 0.0474 e. The van der Waals surface area contributed by atoms with Gasteiger partial charge in [0.1, 0.15) is 0 Å². The lowest BCUT2D eigenvalue weighted by Crippen LogP contribution is -2.33. The third kappa shape index (κ3) is 3.03. The first-order valence-corrected chi connectivity index (χ1v) is 6.52. The number of halogens is 1. The maximum atomic E-state index is 9.22. The monoisotopic (exact) mass is 284 g/mol. The van der Waals surface area contributed by atoms with E-state index in [4.69, 9.17) is 0 Å². The second kappa shape index (κ2) is 5.75. The van der Waals surface area contributed by atoms with Crippen LogP contribution in [0.2, 0.25) is 0 Å². The van der Waals surface area contributed by atoms with Crippen molar-refractivity contribution in [1.29, 1.82) is 0 Å². The average Bonchev–Trinajstić information content (AvgIpc) is 2.74. The fourth-order valence-electron chi connectivity index (χ4n) is 2.33. The van der Waals surface area contributed by atoms with Crippen LogP contribution in [-0.4, -0.2) is 22.7 Å². The molecule has 2 N–H and O–H groups in total. The van der Waals surface area contributed by atoms with Gasteiger partial charge in [0.25, 0.3) is 0 Å². The summed E-state index contributed by atoms with van der Waals surface area (Å²) in [6.07, 6.45) is 7.20. The molecule has 1 aromatic heterocycles. The second-order valence-electron chi connectivity index (χ2n) is 4.37. The Morgan fingerprint density at radius 2 is 2.31 bits per heavy atom. The van der Waals surface area contributed by atoms with E-state index >= 15 is 0 Å². The number of rotatable bonds is 4. The third-order valence-corrected chi connectivity index (χ3v) is 3.66. The van der Waals surface area contributed by atoms with Crippen LogP contribution in [-0.2, 0) is 6.54 Å². The van der Waals surface area contributed by atoms with Gasteiger partial charge in [-0.2, -0.15) is 0 Å². The topological polar surface area (TPSA) is 45.1 Å². The molecule has 0 aromatic carbocycles. The number of aliphatic hydroxyl groups excluding tert-OH is 1. The SMILES string of the molecule is OCC1CCCC1NCc1cncc(Br)c1. The minimum Gasteiger partial charge on any atom is -0.396 e. The number of hydrogen-bond donors (Lipinski definition) is 2. The van der Waals surface area contributed by atoms with Crippen molar-refractivity contribution < 1.29 is 5.11 Å². The summed E-state index contributed by atoms with van der Waals surface area (Å²) in [5.74, 6) is 0.431. The van der Waals surface area contributed by atoms with E-state index < -0.39 is 0 Å². The van der Waals surface area contributed by atoms with Crippen LogP contribution >= 0.6 is 15.9 Å². The number of aromatic nitrogens is 1. The second-order valence-corrected chi connectivity index (χ2v) is 5.29. The summed E-state index contributed by atoms with van der Waals surface area (Å²) in [5.41, 5.74) is 1.18. The van der Waals surface area contributed by atoms with E-state index in [1.807, 2.05) is 6.20 Å². The minimum atomic E-state index is 0.300. The van der Waals surface area contributed by atoms with E-state index in [9.17, 15) is 5.11 Å². The molecular formula is C12H17BrN2O. The van der Waals surface area contributed by atoms with Crippen molar-refractivity contribution in [2.75, 3.05) is 6.61 Å². The summed E-state index contributed by atoms with van der Waals surface area (Å²) in [4.78, 5) is 4.13. The molecule has 0 amide bonds. The van der Waals surface area contributed by atoms with Gasteiger partial charge >= 0.3 is 0 Å². The third-order valence-electron chi connectivity index (χ3n) is 3.22. The van der Waals surface area contributed by atoms with Gasteiger partial charge in [0, 0.05) is 36.1 Å². The molecule has 0 aliphatic heterocycles. The molecule has 2 rings (SSSR count). The fourth-order valence-corrected chi connectivity index (χ4v) is 2.74. The summed E-state index contributed by atoms with van der Waals surface area (Å²) in [7, 11) is 0. The van der Waals surface area contributed by atoms with Crippen LogP contribution in [0.3, 0.4) is 0 Å². The predicted molar refractivity (Wildman–Crippen MR) is 67.0 cm³/mol. The molecule has 0 bridgehead atoms. The van der Waals surface area contributed by atoms with Crippen LogP contribution in [0.15, 0.2) is 22.9 Å². The van der Waals surface area contributed by atoms with Crippen LogP contribution in [0.25, 0.3) is 0 Å². The highest BCUT2D eigenvalue weighted by Crippen LogP contribution is 2.25. The predicted octanol–water partition coefficient (Wildman–Crippen LogP) is 2.09. The lowest BCUT2D eigenvalue weighted by atomic mass is 10.0. The van der Waals surface area contributed by atoms with Crippen molar-refractivity contribution in [1.82, 2.24) is 10.3 Å². The summed E-state index contributed by atoms with van der Waals surface area (Å²) in [6, 6.07) is 2.53. The molecule has 1 aliphatic rings. The Bertz CT molecular complexity index is 346. The number of nitrogens with zero attached hydrogens (tertiary/aromatic N) is 1. The highest BCUT2D eigenvalue weighted by atomic mass is 79.9. The Morgan fingerprint density at radius 3 is 3.06 bits per heavy atom. The highest BCUT2D eigenvalue weighted by Gasteiger charge is 2.25. The number of hydrogen-bond acceptors (Lipinski definition) is 3. The largest absolute Gasteiger partial charge is 0.396 e. The zero-order chi connectivity index (χ0) is 11.4. The van der Waals surface area contributed by atoms with E-state index in [1.165, 1.54) is 18.4 Å². The normalized spacial score (nSPS) is 24.9. The molecule has 1 aliphatic carbocycles. The van der Waals surface area contributed by atoms with Crippen molar-refractivity contribution in [3.05, 3.63) is 28.5 Å². The Labute approximate surface area is 104 Å². The number of aliphatic hydroxyl groups is 1. The first kappa shape index (κ1) is 12.0. The maximum absolute atomic E-state index is 9.22. The minimum absolute atomic E-state index is 0.300. The Kier molecular flexibility index (Phi) is 4.32. The molecule has 1 saturated carbocycles. The Hall–Kier alpha value is -0.450. The zero-order valence-corrected chi connectivity index (χ0v) is 10.8. The van der Waals surface area contributed by atoms with E-state index in [2.05, 4.69) is 32.3 Å². The van der Waals surface area contributed by atoms with E-state index in [1.54, 1.807) is 6.20 Å². The standard InChI is InChI=1S/C12H17BrN2O/c13-11-4-9(5-14-7-11)6-15-12-3-1-2-10(12)8-16/h4-5,7,10,12,15-16H,1-3,6,8H2. The van der Waals surface area contributed by atoms with E-state index in [0.29, 0.717) is 18.6 Å². The molecule has 0 saturated heterocycles. The van der Waals surface area contributed by atoms with Crippen molar-refractivity contribution in [2.24, 2.45) is 5.92 Å².